The first-order chi connectivity index (χ1) is 8.38. The van der Waals surface area contributed by atoms with E-state index < -0.39 is 17.5 Å². The molecule has 3 nitrogen and oxygen atoms in total. The van der Waals surface area contributed by atoms with Crippen molar-refractivity contribution in [1.29, 1.82) is 0 Å². The average Bonchev–Trinajstić information content (AvgIpc) is 2.33. The molecule has 0 unspecified atom stereocenters. The van der Waals surface area contributed by atoms with Gasteiger partial charge in [-0.05, 0) is 17.3 Å². The molecular formula is C11H14F3N2OS+. The predicted octanol–water partition coefficient (Wildman–Crippen LogP) is 1.17. The van der Waals surface area contributed by atoms with Gasteiger partial charge in [-0.2, -0.15) is 13.2 Å². The standard InChI is InChI=1S/C11H13F3N2OS/c12-11(13,14)18-7-9(15)10(17)16-6-8-4-2-1-3-5-8/h1-5,9H,6-7,15H2,(H,16,17)/p+1/t9-/m0/s1. The third-order valence-corrected chi connectivity index (χ3v) is 3.02. The summed E-state index contributed by atoms with van der Waals surface area (Å²) in [5.74, 6) is -0.847. The zero-order valence-electron chi connectivity index (χ0n) is 9.54. The van der Waals surface area contributed by atoms with Crippen LogP contribution in [0.15, 0.2) is 30.3 Å². The Kier molecular flexibility index (Phi) is 5.49. The van der Waals surface area contributed by atoms with Crippen LogP contribution in [0.25, 0.3) is 0 Å². The lowest BCUT2D eigenvalue weighted by Gasteiger charge is -2.10. The van der Waals surface area contributed by atoms with Crippen molar-refractivity contribution in [2.75, 3.05) is 5.75 Å². The number of thioether (sulfide) groups is 1. The van der Waals surface area contributed by atoms with Gasteiger partial charge in [0.15, 0.2) is 6.04 Å². The van der Waals surface area contributed by atoms with Crippen LogP contribution in [0.2, 0.25) is 0 Å². The zero-order valence-corrected chi connectivity index (χ0v) is 10.4. The molecule has 1 atom stereocenters. The summed E-state index contributed by atoms with van der Waals surface area (Å²) in [7, 11) is 0. The molecule has 0 aliphatic rings. The number of amides is 1. The largest absolute Gasteiger partial charge is 0.442 e. The van der Waals surface area contributed by atoms with Crippen LogP contribution < -0.4 is 11.1 Å². The quantitative estimate of drug-likeness (QED) is 0.850. The van der Waals surface area contributed by atoms with Crippen LogP contribution >= 0.6 is 11.8 Å². The van der Waals surface area contributed by atoms with Crippen molar-refractivity contribution < 1.29 is 23.7 Å². The summed E-state index contributed by atoms with van der Waals surface area (Å²) in [4.78, 5) is 11.5. The second-order valence-corrected chi connectivity index (χ2v) is 4.74. The van der Waals surface area contributed by atoms with E-state index in [9.17, 15) is 18.0 Å². The van der Waals surface area contributed by atoms with Gasteiger partial charge in [0.2, 0.25) is 0 Å². The van der Waals surface area contributed by atoms with Crippen molar-refractivity contribution in [2.24, 2.45) is 0 Å². The Morgan fingerprint density at radius 2 is 1.94 bits per heavy atom. The van der Waals surface area contributed by atoms with Gasteiger partial charge in [0.25, 0.3) is 5.91 Å². The minimum absolute atomic E-state index is 0.232. The van der Waals surface area contributed by atoms with E-state index in [4.69, 9.17) is 0 Å². The van der Waals surface area contributed by atoms with Crippen molar-refractivity contribution in [1.82, 2.24) is 5.32 Å². The fourth-order valence-electron chi connectivity index (χ4n) is 1.20. The lowest BCUT2D eigenvalue weighted by Crippen LogP contribution is -2.68. The molecule has 0 bridgehead atoms. The van der Waals surface area contributed by atoms with Crippen LogP contribution in [0.1, 0.15) is 5.56 Å². The smallest absolute Gasteiger partial charge is 0.347 e. The van der Waals surface area contributed by atoms with Crippen molar-refractivity contribution in [3.05, 3.63) is 35.9 Å². The summed E-state index contributed by atoms with van der Waals surface area (Å²) in [6.45, 7) is 0.294. The first-order valence-electron chi connectivity index (χ1n) is 5.24. The minimum atomic E-state index is -4.32. The number of benzene rings is 1. The molecule has 0 aliphatic carbocycles. The number of hydrogen-bond donors (Lipinski definition) is 2. The maximum Gasteiger partial charge on any atom is 0.442 e. The fraction of sp³-hybridized carbons (Fsp3) is 0.364. The molecule has 1 amide bonds. The molecule has 0 heterocycles. The highest BCUT2D eigenvalue weighted by Gasteiger charge is 2.31. The predicted molar refractivity (Wildman–Crippen MR) is 63.5 cm³/mol. The minimum Gasteiger partial charge on any atom is -0.347 e. The number of carbonyl (C=O) groups excluding carboxylic acids is 1. The van der Waals surface area contributed by atoms with Gasteiger partial charge in [0.05, 0.1) is 5.75 Å². The van der Waals surface area contributed by atoms with Gasteiger partial charge in [-0.1, -0.05) is 30.3 Å². The SMILES string of the molecule is [NH3+][C@@H](CSC(F)(F)F)C(=O)NCc1ccccc1. The van der Waals surface area contributed by atoms with Crippen molar-refractivity contribution in [3.63, 3.8) is 0 Å². The van der Waals surface area contributed by atoms with E-state index in [0.29, 0.717) is 6.54 Å². The molecule has 100 valence electrons. The summed E-state index contributed by atoms with van der Waals surface area (Å²) in [6.07, 6.45) is 0. The van der Waals surface area contributed by atoms with Gasteiger partial charge < -0.3 is 11.1 Å². The lowest BCUT2D eigenvalue weighted by molar-refractivity contribution is -0.396. The van der Waals surface area contributed by atoms with E-state index in [2.05, 4.69) is 11.1 Å². The maximum atomic E-state index is 11.9. The Labute approximate surface area is 107 Å². The average molecular weight is 279 g/mol. The highest BCUT2D eigenvalue weighted by molar-refractivity contribution is 8.00. The molecule has 1 aromatic rings. The number of alkyl halides is 3. The Hall–Kier alpha value is -1.21. The van der Waals surface area contributed by atoms with Gasteiger partial charge in [0, 0.05) is 6.54 Å². The van der Waals surface area contributed by atoms with Gasteiger partial charge in [-0.25, -0.2) is 0 Å². The molecule has 0 saturated carbocycles. The first kappa shape index (κ1) is 14.8. The third-order valence-electron chi connectivity index (χ3n) is 2.13. The molecule has 0 spiro atoms. The molecule has 18 heavy (non-hydrogen) atoms. The first-order valence-corrected chi connectivity index (χ1v) is 6.22. The van der Waals surface area contributed by atoms with Gasteiger partial charge in [-0.3, -0.25) is 4.79 Å². The molecular weight excluding hydrogens is 265 g/mol. The topological polar surface area (TPSA) is 56.7 Å². The molecule has 0 aromatic heterocycles. The Morgan fingerprint density at radius 1 is 1.33 bits per heavy atom. The Bertz CT molecular complexity index is 384. The summed E-state index contributed by atoms with van der Waals surface area (Å²) in [6, 6.07) is 8.22. The Balaban J connectivity index is 2.32. The molecule has 0 radical (unpaired) electrons. The van der Waals surface area contributed by atoms with Crippen LogP contribution in [0, 0.1) is 0 Å². The number of hydrogen-bond acceptors (Lipinski definition) is 2. The van der Waals surface area contributed by atoms with Gasteiger partial charge in [0.1, 0.15) is 0 Å². The van der Waals surface area contributed by atoms with Crippen LogP contribution in [-0.2, 0) is 11.3 Å². The van der Waals surface area contributed by atoms with E-state index in [1.165, 1.54) is 0 Å². The lowest BCUT2D eigenvalue weighted by atomic mass is 10.2. The second-order valence-electron chi connectivity index (χ2n) is 3.66. The van der Waals surface area contributed by atoms with Crippen molar-refractivity contribution in [2.45, 2.75) is 18.1 Å². The number of halogens is 3. The highest BCUT2D eigenvalue weighted by atomic mass is 32.2. The number of quaternary nitrogens is 1. The van der Waals surface area contributed by atoms with Gasteiger partial charge in [-0.15, -0.1) is 0 Å². The van der Waals surface area contributed by atoms with Gasteiger partial charge >= 0.3 is 5.51 Å². The fourth-order valence-corrected chi connectivity index (χ4v) is 1.74. The summed E-state index contributed by atoms with van der Waals surface area (Å²) in [5.41, 5.74) is -0.0130. The molecule has 0 saturated heterocycles. The summed E-state index contributed by atoms with van der Waals surface area (Å²) < 4.78 is 35.8. The van der Waals surface area contributed by atoms with E-state index in [1.54, 1.807) is 0 Å². The van der Waals surface area contributed by atoms with Crippen LogP contribution in [0.5, 0.6) is 0 Å². The normalized spacial score (nSPS) is 13.1. The molecule has 1 aromatic carbocycles. The summed E-state index contributed by atoms with van der Waals surface area (Å²) >= 11 is -0.232. The van der Waals surface area contributed by atoms with E-state index >= 15 is 0 Å². The van der Waals surface area contributed by atoms with Crippen LogP contribution in [0.4, 0.5) is 13.2 Å². The number of rotatable bonds is 5. The van der Waals surface area contributed by atoms with Crippen molar-refractivity contribution in [3.8, 4) is 0 Å². The van der Waals surface area contributed by atoms with Crippen LogP contribution in [0.3, 0.4) is 0 Å². The van der Waals surface area contributed by atoms with E-state index in [-0.39, 0.29) is 17.5 Å². The highest BCUT2D eigenvalue weighted by Crippen LogP contribution is 2.29. The van der Waals surface area contributed by atoms with E-state index in [1.807, 2.05) is 30.3 Å². The molecule has 7 heteroatoms. The van der Waals surface area contributed by atoms with E-state index in [0.717, 1.165) is 5.56 Å². The molecule has 0 aliphatic heterocycles. The molecule has 0 fully saturated rings. The monoisotopic (exact) mass is 279 g/mol. The van der Waals surface area contributed by atoms with Crippen LogP contribution in [-0.4, -0.2) is 23.2 Å². The van der Waals surface area contributed by atoms with Crippen molar-refractivity contribution >= 4 is 17.7 Å². The second kappa shape index (κ2) is 6.65. The number of carbonyl (C=O) groups is 1. The summed E-state index contributed by atoms with van der Waals surface area (Å²) in [5, 5.41) is 2.55. The Morgan fingerprint density at radius 3 is 2.50 bits per heavy atom. The zero-order chi connectivity index (χ0) is 13.6. The maximum absolute atomic E-state index is 11.9. The third kappa shape index (κ3) is 5.92. The molecule has 1 rings (SSSR count). The molecule has 4 N–H and O–H groups in total. The number of nitrogens with one attached hydrogen (secondary N) is 1.